The van der Waals surface area contributed by atoms with Crippen LogP contribution in [0.15, 0.2) is 24.3 Å². The van der Waals surface area contributed by atoms with Gasteiger partial charge in [-0.25, -0.2) is 0 Å². The molecule has 2 rings (SSSR count). The molecule has 1 aromatic rings. The zero-order chi connectivity index (χ0) is 14.4. The van der Waals surface area contributed by atoms with Gasteiger partial charge in [0.1, 0.15) is 5.75 Å². The normalized spacial score (nSPS) is 21.8. The van der Waals surface area contributed by atoms with Crippen LogP contribution in [-0.2, 0) is 11.2 Å². The van der Waals surface area contributed by atoms with Gasteiger partial charge < -0.3 is 9.84 Å². The van der Waals surface area contributed by atoms with Crippen LogP contribution in [0.5, 0.6) is 5.75 Å². The summed E-state index contributed by atoms with van der Waals surface area (Å²) in [6.45, 7) is 7.48. The van der Waals surface area contributed by atoms with Gasteiger partial charge in [-0.05, 0) is 63.8 Å². The monoisotopic (exact) mass is 277 g/mol. The van der Waals surface area contributed by atoms with E-state index in [0.29, 0.717) is 17.9 Å². The Hall–Kier alpha value is -1.06. The molecular weight excluding hydrogens is 250 g/mol. The Morgan fingerprint density at radius 2 is 2.10 bits per heavy atom. The second-order valence-corrected chi connectivity index (χ2v) is 5.77. The summed E-state index contributed by atoms with van der Waals surface area (Å²) in [7, 11) is 0. The number of piperidine rings is 1. The Morgan fingerprint density at radius 3 is 2.80 bits per heavy atom. The number of ether oxygens (including phenoxy) is 1. The molecule has 1 fully saturated rings. The van der Waals surface area contributed by atoms with E-state index < -0.39 is 0 Å². The topological polar surface area (TPSA) is 32.7 Å². The number of aromatic hydroxyl groups is 1. The zero-order valence-electron chi connectivity index (χ0n) is 12.7. The lowest BCUT2D eigenvalue weighted by molar-refractivity contribution is -0.00596. The van der Waals surface area contributed by atoms with Crippen molar-refractivity contribution in [2.24, 2.45) is 0 Å². The van der Waals surface area contributed by atoms with Gasteiger partial charge in [-0.2, -0.15) is 0 Å². The molecule has 1 saturated heterocycles. The van der Waals surface area contributed by atoms with Crippen LogP contribution in [0, 0.1) is 0 Å². The molecule has 3 nitrogen and oxygen atoms in total. The molecule has 0 saturated carbocycles. The van der Waals surface area contributed by atoms with E-state index in [1.165, 1.54) is 24.9 Å². The van der Waals surface area contributed by atoms with Crippen LogP contribution in [0.4, 0.5) is 0 Å². The van der Waals surface area contributed by atoms with E-state index in [-0.39, 0.29) is 0 Å². The highest BCUT2D eigenvalue weighted by Crippen LogP contribution is 2.19. The van der Waals surface area contributed by atoms with Crippen molar-refractivity contribution in [2.45, 2.75) is 51.7 Å². The van der Waals surface area contributed by atoms with Gasteiger partial charge in [-0.1, -0.05) is 12.1 Å². The summed E-state index contributed by atoms with van der Waals surface area (Å²) < 4.78 is 5.77. The molecule has 0 spiro atoms. The minimum Gasteiger partial charge on any atom is -0.508 e. The number of aryl methyl sites for hydroxylation is 1. The molecule has 20 heavy (non-hydrogen) atoms. The van der Waals surface area contributed by atoms with E-state index in [2.05, 4.69) is 18.7 Å². The van der Waals surface area contributed by atoms with Crippen LogP contribution in [0.2, 0.25) is 0 Å². The number of rotatable bonds is 6. The highest BCUT2D eigenvalue weighted by molar-refractivity contribution is 5.25. The van der Waals surface area contributed by atoms with Gasteiger partial charge in [0.15, 0.2) is 0 Å². The van der Waals surface area contributed by atoms with Crippen molar-refractivity contribution in [3.05, 3.63) is 29.8 Å². The summed E-state index contributed by atoms with van der Waals surface area (Å²) >= 11 is 0. The first-order chi connectivity index (χ1) is 9.69. The molecule has 1 N–H and O–H groups in total. The zero-order valence-corrected chi connectivity index (χ0v) is 12.7. The molecule has 3 heteroatoms. The van der Waals surface area contributed by atoms with Crippen LogP contribution in [0.3, 0.4) is 0 Å². The van der Waals surface area contributed by atoms with Gasteiger partial charge in [0.05, 0.1) is 6.10 Å². The van der Waals surface area contributed by atoms with Gasteiger partial charge >= 0.3 is 0 Å². The molecule has 0 aromatic heterocycles. The Morgan fingerprint density at radius 1 is 1.35 bits per heavy atom. The predicted octanol–water partition coefficient (Wildman–Crippen LogP) is 3.21. The average Bonchev–Trinajstić information content (AvgIpc) is 2.47. The molecule has 1 aliphatic rings. The lowest BCUT2D eigenvalue weighted by atomic mass is 10.0. The highest BCUT2D eigenvalue weighted by Gasteiger charge is 2.23. The van der Waals surface area contributed by atoms with Crippen molar-refractivity contribution < 1.29 is 9.84 Å². The first-order valence-electron chi connectivity index (χ1n) is 7.82. The molecule has 0 amide bonds. The van der Waals surface area contributed by atoms with E-state index >= 15 is 0 Å². The third-order valence-corrected chi connectivity index (χ3v) is 4.22. The van der Waals surface area contributed by atoms with E-state index in [1.54, 1.807) is 12.1 Å². The second-order valence-electron chi connectivity index (χ2n) is 5.77. The molecule has 0 radical (unpaired) electrons. The van der Waals surface area contributed by atoms with Crippen LogP contribution in [-0.4, -0.2) is 41.8 Å². The number of hydrogen-bond donors (Lipinski definition) is 1. The average molecular weight is 277 g/mol. The Balaban J connectivity index is 1.79. The van der Waals surface area contributed by atoms with Gasteiger partial charge in [0.25, 0.3) is 0 Å². The first kappa shape index (κ1) is 15.3. The van der Waals surface area contributed by atoms with E-state index in [1.807, 2.05) is 12.1 Å². The van der Waals surface area contributed by atoms with Gasteiger partial charge in [-0.15, -0.1) is 0 Å². The number of likely N-dealkylation sites (tertiary alicyclic amines) is 1. The molecule has 1 aromatic carbocycles. The summed E-state index contributed by atoms with van der Waals surface area (Å²) in [5.74, 6) is 0.345. The summed E-state index contributed by atoms with van der Waals surface area (Å²) in [6.07, 6.45) is 5.09. The maximum absolute atomic E-state index is 9.30. The second kappa shape index (κ2) is 7.65. The molecule has 0 aliphatic carbocycles. The third kappa shape index (κ3) is 4.50. The van der Waals surface area contributed by atoms with E-state index in [4.69, 9.17) is 4.74 Å². The lowest BCUT2D eigenvalue weighted by Gasteiger charge is -2.36. The summed E-state index contributed by atoms with van der Waals surface area (Å²) in [4.78, 5) is 2.56. The molecular formula is C17H27NO2. The summed E-state index contributed by atoms with van der Waals surface area (Å²) in [6, 6.07) is 8.16. The molecule has 112 valence electrons. The number of phenols is 1. The Bertz CT molecular complexity index is 388. The molecule has 0 bridgehead atoms. The quantitative estimate of drug-likeness (QED) is 0.866. The van der Waals surface area contributed by atoms with E-state index in [0.717, 1.165) is 26.0 Å². The van der Waals surface area contributed by atoms with E-state index in [9.17, 15) is 5.11 Å². The fourth-order valence-corrected chi connectivity index (χ4v) is 2.96. The van der Waals surface area contributed by atoms with Crippen LogP contribution in [0.1, 0.15) is 38.7 Å². The van der Waals surface area contributed by atoms with Gasteiger partial charge in [0, 0.05) is 19.2 Å². The predicted molar refractivity (Wildman–Crippen MR) is 82.1 cm³/mol. The van der Waals surface area contributed by atoms with Crippen molar-refractivity contribution in [2.75, 3.05) is 19.7 Å². The number of hydrogen-bond acceptors (Lipinski definition) is 3. The minimum atomic E-state index is 0.345. The van der Waals surface area contributed by atoms with Gasteiger partial charge in [0.2, 0.25) is 0 Å². The van der Waals surface area contributed by atoms with Crippen LogP contribution < -0.4 is 0 Å². The minimum absolute atomic E-state index is 0.345. The standard InChI is InChI=1S/C17H27NO2/c1-3-20-17-5-4-12-18(13-17)14(2)6-7-15-8-10-16(19)11-9-15/h8-11,14,17,19H,3-7,12-13H2,1-2H3. The fraction of sp³-hybridized carbons (Fsp3) is 0.647. The van der Waals surface area contributed by atoms with Crippen LogP contribution in [0.25, 0.3) is 0 Å². The van der Waals surface area contributed by atoms with Crippen molar-refractivity contribution >= 4 is 0 Å². The maximum Gasteiger partial charge on any atom is 0.115 e. The molecule has 1 heterocycles. The molecule has 1 aliphatic heterocycles. The SMILES string of the molecule is CCOC1CCCN(C(C)CCc2ccc(O)cc2)C1. The fourth-order valence-electron chi connectivity index (χ4n) is 2.96. The van der Waals surface area contributed by atoms with Gasteiger partial charge in [-0.3, -0.25) is 4.90 Å². The van der Waals surface area contributed by atoms with Crippen molar-refractivity contribution in [1.29, 1.82) is 0 Å². The molecule has 2 atom stereocenters. The Kier molecular flexibility index (Phi) is 5.86. The third-order valence-electron chi connectivity index (χ3n) is 4.22. The smallest absolute Gasteiger partial charge is 0.115 e. The van der Waals surface area contributed by atoms with Crippen molar-refractivity contribution in [3.63, 3.8) is 0 Å². The number of phenolic OH excluding ortho intramolecular Hbond substituents is 1. The summed E-state index contributed by atoms with van der Waals surface area (Å²) in [5, 5.41) is 9.30. The largest absolute Gasteiger partial charge is 0.508 e. The lowest BCUT2D eigenvalue weighted by Crippen LogP contribution is -2.44. The highest BCUT2D eigenvalue weighted by atomic mass is 16.5. The Labute approximate surface area is 122 Å². The summed E-state index contributed by atoms with van der Waals surface area (Å²) in [5.41, 5.74) is 1.30. The first-order valence-corrected chi connectivity index (χ1v) is 7.82. The van der Waals surface area contributed by atoms with Crippen molar-refractivity contribution in [3.8, 4) is 5.75 Å². The molecule has 2 unspecified atom stereocenters. The van der Waals surface area contributed by atoms with Crippen molar-refractivity contribution in [1.82, 2.24) is 4.90 Å². The maximum atomic E-state index is 9.30. The van der Waals surface area contributed by atoms with Crippen LogP contribution >= 0.6 is 0 Å². The number of benzene rings is 1. The number of nitrogens with zero attached hydrogens (tertiary/aromatic N) is 1.